The molecular weight excluding hydrogens is 392 g/mol. The lowest BCUT2D eigenvalue weighted by molar-refractivity contribution is -0.143. The Morgan fingerprint density at radius 3 is 2.46 bits per heavy atom. The summed E-state index contributed by atoms with van der Waals surface area (Å²) < 4.78 is 28.1. The van der Waals surface area contributed by atoms with E-state index < -0.39 is 23.1 Å². The molecule has 2 heterocycles. The van der Waals surface area contributed by atoms with Crippen LogP contribution in [0.2, 0.25) is 0 Å². The SMILES string of the molecule is CN(CC(=O)Nc1cc(F)cc(F)c1)C(=O)C1(n2cccn2)CCNCC1.Cl. The molecule has 0 unspecified atom stereocenters. The molecule has 0 atom stereocenters. The fourth-order valence-corrected chi connectivity index (χ4v) is 3.37. The van der Waals surface area contributed by atoms with E-state index in [9.17, 15) is 18.4 Å². The average Bonchev–Trinajstić information content (AvgIpc) is 3.15. The van der Waals surface area contributed by atoms with Crippen LogP contribution < -0.4 is 10.6 Å². The van der Waals surface area contributed by atoms with Gasteiger partial charge in [-0.05, 0) is 44.1 Å². The van der Waals surface area contributed by atoms with Crippen molar-refractivity contribution >= 4 is 29.9 Å². The molecule has 2 amide bonds. The largest absolute Gasteiger partial charge is 0.334 e. The van der Waals surface area contributed by atoms with Gasteiger partial charge in [-0.2, -0.15) is 5.10 Å². The monoisotopic (exact) mass is 413 g/mol. The van der Waals surface area contributed by atoms with Crippen molar-refractivity contribution in [2.45, 2.75) is 18.4 Å². The van der Waals surface area contributed by atoms with Gasteiger partial charge in [0.15, 0.2) is 0 Å². The summed E-state index contributed by atoms with van der Waals surface area (Å²) in [4.78, 5) is 26.7. The van der Waals surface area contributed by atoms with Gasteiger partial charge in [-0.25, -0.2) is 8.78 Å². The van der Waals surface area contributed by atoms with Crippen molar-refractivity contribution in [3.63, 3.8) is 0 Å². The Kier molecular flexibility index (Phi) is 7.09. The lowest BCUT2D eigenvalue weighted by Crippen LogP contribution is -2.55. The lowest BCUT2D eigenvalue weighted by Gasteiger charge is -2.39. The number of rotatable bonds is 5. The van der Waals surface area contributed by atoms with Gasteiger partial charge in [-0.15, -0.1) is 12.4 Å². The number of aromatic nitrogens is 2. The number of piperidine rings is 1. The number of carbonyl (C=O) groups is 2. The van der Waals surface area contributed by atoms with Gasteiger partial charge in [0.05, 0.1) is 6.54 Å². The average molecular weight is 414 g/mol. The Labute approximate surface area is 167 Å². The van der Waals surface area contributed by atoms with Crippen molar-refractivity contribution in [2.75, 3.05) is 32.0 Å². The number of nitrogens with one attached hydrogen (secondary N) is 2. The minimum Gasteiger partial charge on any atom is -0.334 e. The van der Waals surface area contributed by atoms with E-state index in [4.69, 9.17) is 0 Å². The molecule has 1 aromatic carbocycles. The third-order valence-corrected chi connectivity index (χ3v) is 4.65. The van der Waals surface area contributed by atoms with Crippen molar-refractivity contribution in [2.24, 2.45) is 0 Å². The van der Waals surface area contributed by atoms with Crippen LogP contribution in [0.5, 0.6) is 0 Å². The highest BCUT2D eigenvalue weighted by atomic mass is 35.5. The minimum absolute atomic E-state index is 0. The van der Waals surface area contributed by atoms with Crippen LogP contribution in [-0.2, 0) is 15.1 Å². The Bertz CT molecular complexity index is 805. The summed E-state index contributed by atoms with van der Waals surface area (Å²) >= 11 is 0. The van der Waals surface area contributed by atoms with Crippen LogP contribution >= 0.6 is 12.4 Å². The molecule has 28 heavy (non-hydrogen) atoms. The second-order valence-electron chi connectivity index (χ2n) is 6.60. The van der Waals surface area contributed by atoms with Crippen molar-refractivity contribution in [1.29, 1.82) is 0 Å². The number of benzene rings is 1. The maximum absolute atomic E-state index is 13.2. The number of amides is 2. The summed E-state index contributed by atoms with van der Waals surface area (Å²) in [6, 6.07) is 4.50. The maximum atomic E-state index is 13.2. The zero-order valence-electron chi connectivity index (χ0n) is 15.3. The Morgan fingerprint density at radius 2 is 1.89 bits per heavy atom. The van der Waals surface area contributed by atoms with Crippen molar-refractivity contribution < 1.29 is 18.4 Å². The van der Waals surface area contributed by atoms with E-state index in [1.54, 1.807) is 23.1 Å². The fourth-order valence-electron chi connectivity index (χ4n) is 3.37. The maximum Gasteiger partial charge on any atom is 0.250 e. The summed E-state index contributed by atoms with van der Waals surface area (Å²) in [5.74, 6) is -2.35. The minimum atomic E-state index is -0.852. The van der Waals surface area contributed by atoms with E-state index in [2.05, 4.69) is 15.7 Å². The highest BCUT2D eigenvalue weighted by Crippen LogP contribution is 2.29. The zero-order chi connectivity index (χ0) is 19.4. The zero-order valence-corrected chi connectivity index (χ0v) is 16.1. The highest BCUT2D eigenvalue weighted by molar-refractivity contribution is 5.95. The molecule has 1 aliphatic rings. The molecule has 1 saturated heterocycles. The predicted molar refractivity (Wildman–Crippen MR) is 102 cm³/mol. The number of likely N-dealkylation sites (N-methyl/N-ethyl adjacent to an activating group) is 1. The molecule has 152 valence electrons. The van der Waals surface area contributed by atoms with Crippen LogP contribution in [-0.4, -0.2) is 53.2 Å². The number of carbonyl (C=O) groups excluding carboxylic acids is 2. The standard InChI is InChI=1S/C18H21F2N5O2.ClH/c1-24(12-16(26)23-15-10-13(19)9-14(20)11-15)17(27)18(3-6-21-7-4-18)25-8-2-5-22-25;/h2,5,8-11,21H,3-4,6-7,12H2,1H3,(H,23,26);1H. The van der Waals surface area contributed by atoms with E-state index >= 15 is 0 Å². The number of hydrogen-bond donors (Lipinski definition) is 2. The van der Waals surface area contributed by atoms with Crippen LogP contribution in [0.1, 0.15) is 12.8 Å². The molecule has 10 heteroatoms. The number of halogens is 3. The van der Waals surface area contributed by atoms with Crippen LogP contribution in [0, 0.1) is 11.6 Å². The molecule has 3 rings (SSSR count). The van der Waals surface area contributed by atoms with Crippen LogP contribution in [0.3, 0.4) is 0 Å². The highest BCUT2D eigenvalue weighted by Gasteiger charge is 2.43. The van der Waals surface area contributed by atoms with E-state index in [0.29, 0.717) is 25.9 Å². The van der Waals surface area contributed by atoms with Gasteiger partial charge in [0.1, 0.15) is 17.2 Å². The lowest BCUT2D eigenvalue weighted by atomic mass is 9.87. The van der Waals surface area contributed by atoms with Gasteiger partial charge in [-0.1, -0.05) is 0 Å². The van der Waals surface area contributed by atoms with Crippen LogP contribution in [0.4, 0.5) is 14.5 Å². The predicted octanol–water partition coefficient (Wildman–Crippen LogP) is 1.76. The molecular formula is C18H22ClF2N5O2. The van der Waals surface area contributed by atoms with E-state index in [0.717, 1.165) is 18.2 Å². The van der Waals surface area contributed by atoms with Gasteiger partial charge in [0, 0.05) is 31.2 Å². The number of anilines is 1. The summed E-state index contributed by atoms with van der Waals surface area (Å²) in [7, 11) is 1.53. The third-order valence-electron chi connectivity index (χ3n) is 4.65. The molecule has 1 fully saturated rings. The first-order valence-electron chi connectivity index (χ1n) is 8.63. The number of nitrogens with zero attached hydrogens (tertiary/aromatic N) is 3. The molecule has 0 bridgehead atoms. The Balaban J connectivity index is 0.00000280. The van der Waals surface area contributed by atoms with Crippen molar-refractivity contribution in [3.8, 4) is 0 Å². The summed E-state index contributed by atoms with van der Waals surface area (Å²) in [6.07, 6.45) is 4.46. The van der Waals surface area contributed by atoms with E-state index in [1.807, 2.05) is 0 Å². The van der Waals surface area contributed by atoms with Gasteiger partial charge < -0.3 is 15.5 Å². The Morgan fingerprint density at radius 1 is 1.25 bits per heavy atom. The smallest absolute Gasteiger partial charge is 0.250 e. The Hall–Kier alpha value is -2.52. The molecule has 0 saturated carbocycles. The van der Waals surface area contributed by atoms with Crippen LogP contribution in [0.15, 0.2) is 36.7 Å². The fraction of sp³-hybridized carbons (Fsp3) is 0.389. The van der Waals surface area contributed by atoms with Crippen molar-refractivity contribution in [3.05, 3.63) is 48.3 Å². The summed E-state index contributed by atoms with van der Waals surface area (Å²) in [5.41, 5.74) is -0.851. The van der Waals surface area contributed by atoms with Gasteiger partial charge in [0.2, 0.25) is 5.91 Å². The molecule has 2 aromatic rings. The van der Waals surface area contributed by atoms with Crippen LogP contribution in [0.25, 0.3) is 0 Å². The first-order chi connectivity index (χ1) is 12.9. The van der Waals surface area contributed by atoms with Gasteiger partial charge >= 0.3 is 0 Å². The van der Waals surface area contributed by atoms with Crippen molar-refractivity contribution in [1.82, 2.24) is 20.0 Å². The second-order valence-corrected chi connectivity index (χ2v) is 6.60. The third kappa shape index (κ3) is 4.66. The number of hydrogen-bond acceptors (Lipinski definition) is 4. The summed E-state index contributed by atoms with van der Waals surface area (Å²) in [6.45, 7) is 1.08. The van der Waals surface area contributed by atoms with E-state index in [-0.39, 0.29) is 30.5 Å². The molecule has 0 radical (unpaired) electrons. The first-order valence-corrected chi connectivity index (χ1v) is 8.63. The van der Waals surface area contributed by atoms with Gasteiger partial charge in [-0.3, -0.25) is 14.3 Å². The molecule has 0 aliphatic carbocycles. The summed E-state index contributed by atoms with van der Waals surface area (Å²) in [5, 5.41) is 9.87. The molecule has 1 aliphatic heterocycles. The molecule has 1 aromatic heterocycles. The first kappa shape index (κ1) is 21.8. The quantitative estimate of drug-likeness (QED) is 0.782. The molecule has 0 spiro atoms. The van der Waals surface area contributed by atoms with Gasteiger partial charge in [0.25, 0.3) is 5.91 Å². The molecule has 7 nitrogen and oxygen atoms in total. The second kappa shape index (κ2) is 9.11. The topological polar surface area (TPSA) is 79.3 Å². The normalized spacial score (nSPS) is 15.4. The molecule has 2 N–H and O–H groups in total. The van der Waals surface area contributed by atoms with E-state index in [1.165, 1.54) is 11.9 Å².